The predicted octanol–water partition coefficient (Wildman–Crippen LogP) is 1.40. The van der Waals surface area contributed by atoms with E-state index in [1.165, 1.54) is 0 Å². The average Bonchev–Trinajstić information content (AvgIpc) is 2.43. The summed E-state index contributed by atoms with van der Waals surface area (Å²) in [5.41, 5.74) is 6.88. The minimum Gasteiger partial charge on any atom is -0.381 e. The van der Waals surface area contributed by atoms with Gasteiger partial charge in [-0.25, -0.2) is 0 Å². The molecule has 2 N–H and O–H groups in total. The first-order valence-corrected chi connectivity index (χ1v) is 4.87. The molecule has 12 heavy (non-hydrogen) atoms. The average molecular weight is 169 g/mol. The largest absolute Gasteiger partial charge is 0.381 e. The lowest BCUT2D eigenvalue weighted by Gasteiger charge is -2.32. The third kappa shape index (κ3) is 0.728. The van der Waals surface area contributed by atoms with Gasteiger partial charge < -0.3 is 10.5 Å². The van der Waals surface area contributed by atoms with Crippen LogP contribution in [-0.2, 0) is 4.74 Å². The van der Waals surface area contributed by atoms with Crippen molar-refractivity contribution in [1.29, 1.82) is 0 Å². The summed E-state index contributed by atoms with van der Waals surface area (Å²) in [6.07, 6.45) is 1.16. The van der Waals surface area contributed by atoms with Crippen LogP contribution >= 0.6 is 0 Å². The number of hydrogen-bond acceptors (Lipinski definition) is 2. The van der Waals surface area contributed by atoms with Crippen molar-refractivity contribution in [3.05, 3.63) is 0 Å². The van der Waals surface area contributed by atoms with Crippen molar-refractivity contribution in [3.63, 3.8) is 0 Å². The van der Waals surface area contributed by atoms with E-state index in [9.17, 15) is 0 Å². The Labute approximate surface area is 74.5 Å². The summed E-state index contributed by atoms with van der Waals surface area (Å²) in [5.74, 6) is 0.635. The van der Waals surface area contributed by atoms with Gasteiger partial charge in [0.2, 0.25) is 0 Å². The highest BCUT2D eigenvalue weighted by atomic mass is 16.5. The molecule has 1 heterocycles. The van der Waals surface area contributed by atoms with E-state index in [4.69, 9.17) is 10.5 Å². The Morgan fingerprint density at radius 3 is 2.33 bits per heavy atom. The quantitative estimate of drug-likeness (QED) is 0.595. The van der Waals surface area contributed by atoms with Gasteiger partial charge in [0.05, 0.1) is 0 Å². The van der Waals surface area contributed by atoms with Crippen molar-refractivity contribution >= 4 is 0 Å². The molecule has 1 saturated heterocycles. The van der Waals surface area contributed by atoms with Crippen LogP contribution in [0.4, 0.5) is 0 Å². The van der Waals surface area contributed by atoms with E-state index in [0.717, 1.165) is 19.6 Å². The van der Waals surface area contributed by atoms with E-state index in [0.29, 0.717) is 22.8 Å². The molecule has 3 unspecified atom stereocenters. The van der Waals surface area contributed by atoms with E-state index in [2.05, 4.69) is 20.8 Å². The number of hydrogen-bond donors (Lipinski definition) is 1. The Morgan fingerprint density at radius 1 is 1.42 bits per heavy atom. The molecule has 0 amide bonds. The first-order chi connectivity index (χ1) is 5.53. The highest BCUT2D eigenvalue weighted by Gasteiger charge is 2.71. The lowest BCUT2D eigenvalue weighted by Crippen LogP contribution is -2.32. The first kappa shape index (κ1) is 8.52. The summed E-state index contributed by atoms with van der Waals surface area (Å²) in [5, 5.41) is 0. The Hall–Kier alpha value is -0.0800. The number of rotatable bonds is 0. The molecule has 0 radical (unpaired) electrons. The van der Waals surface area contributed by atoms with Crippen molar-refractivity contribution in [2.45, 2.75) is 33.2 Å². The summed E-state index contributed by atoms with van der Waals surface area (Å²) in [6, 6.07) is 0.392. The van der Waals surface area contributed by atoms with Crippen LogP contribution in [0.3, 0.4) is 0 Å². The van der Waals surface area contributed by atoms with Crippen LogP contribution in [0.2, 0.25) is 0 Å². The van der Waals surface area contributed by atoms with Crippen LogP contribution in [0.5, 0.6) is 0 Å². The minimum atomic E-state index is 0.343. The second-order valence-electron chi connectivity index (χ2n) is 4.97. The van der Waals surface area contributed by atoms with Gasteiger partial charge in [-0.15, -0.1) is 0 Å². The van der Waals surface area contributed by atoms with E-state index in [1.54, 1.807) is 0 Å². The second kappa shape index (κ2) is 2.24. The maximum atomic E-state index is 6.14. The minimum absolute atomic E-state index is 0.343. The fraction of sp³-hybridized carbons (Fsp3) is 1.00. The summed E-state index contributed by atoms with van der Waals surface area (Å²) < 4.78 is 5.44. The van der Waals surface area contributed by atoms with E-state index >= 15 is 0 Å². The Bertz CT molecular complexity index is 202. The smallest absolute Gasteiger partial charge is 0.0497 e. The van der Waals surface area contributed by atoms with Crippen LogP contribution in [-0.4, -0.2) is 19.3 Å². The lowest BCUT2D eigenvalue weighted by molar-refractivity contribution is -0.00188. The summed E-state index contributed by atoms with van der Waals surface area (Å²) >= 11 is 0. The van der Waals surface area contributed by atoms with Crippen molar-refractivity contribution in [3.8, 4) is 0 Å². The normalized spacial score (nSPS) is 51.0. The molecule has 3 atom stereocenters. The van der Waals surface area contributed by atoms with Gasteiger partial charge in [0.1, 0.15) is 0 Å². The molecule has 70 valence electrons. The van der Waals surface area contributed by atoms with Crippen molar-refractivity contribution in [1.82, 2.24) is 0 Å². The molecule has 2 aliphatic rings. The SMILES string of the molecule is CC1COCCC12C(N)C2(C)C. The van der Waals surface area contributed by atoms with Gasteiger partial charge in [-0.2, -0.15) is 0 Å². The molecular formula is C10H19NO. The molecule has 1 saturated carbocycles. The molecule has 1 spiro atoms. The molecule has 0 aromatic carbocycles. The van der Waals surface area contributed by atoms with E-state index < -0.39 is 0 Å². The van der Waals surface area contributed by atoms with Crippen LogP contribution < -0.4 is 5.73 Å². The van der Waals surface area contributed by atoms with Crippen LogP contribution in [0.15, 0.2) is 0 Å². The molecule has 2 nitrogen and oxygen atoms in total. The van der Waals surface area contributed by atoms with Gasteiger partial charge in [-0.1, -0.05) is 20.8 Å². The molecule has 1 aliphatic carbocycles. The molecule has 0 aromatic heterocycles. The summed E-state index contributed by atoms with van der Waals surface area (Å²) in [4.78, 5) is 0. The molecule has 2 heteroatoms. The molecular weight excluding hydrogens is 150 g/mol. The summed E-state index contributed by atoms with van der Waals surface area (Å²) in [7, 11) is 0. The maximum Gasteiger partial charge on any atom is 0.0497 e. The zero-order chi connectivity index (χ0) is 8.98. The fourth-order valence-electron chi connectivity index (χ4n) is 3.25. The zero-order valence-electron chi connectivity index (χ0n) is 8.26. The van der Waals surface area contributed by atoms with Gasteiger partial charge in [0, 0.05) is 19.3 Å². The second-order valence-corrected chi connectivity index (χ2v) is 4.97. The first-order valence-electron chi connectivity index (χ1n) is 4.87. The van der Waals surface area contributed by atoms with Gasteiger partial charge >= 0.3 is 0 Å². The molecule has 0 bridgehead atoms. The highest BCUT2D eigenvalue weighted by Crippen LogP contribution is 2.69. The highest BCUT2D eigenvalue weighted by molar-refractivity contribution is 5.23. The maximum absolute atomic E-state index is 6.14. The van der Waals surface area contributed by atoms with Crippen molar-refractivity contribution in [2.75, 3.05) is 13.2 Å². The van der Waals surface area contributed by atoms with E-state index in [1.807, 2.05) is 0 Å². The third-order valence-corrected chi connectivity index (χ3v) is 4.36. The Balaban J connectivity index is 2.22. The van der Waals surface area contributed by atoms with Gasteiger partial charge in [0.15, 0.2) is 0 Å². The van der Waals surface area contributed by atoms with Crippen LogP contribution in [0.25, 0.3) is 0 Å². The lowest BCUT2D eigenvalue weighted by atomic mass is 9.80. The molecule has 0 aromatic rings. The van der Waals surface area contributed by atoms with Crippen LogP contribution in [0.1, 0.15) is 27.2 Å². The summed E-state index contributed by atoms with van der Waals surface area (Å²) in [6.45, 7) is 8.66. The van der Waals surface area contributed by atoms with Gasteiger partial charge in [-0.05, 0) is 23.2 Å². The van der Waals surface area contributed by atoms with Crippen molar-refractivity contribution in [2.24, 2.45) is 22.5 Å². The zero-order valence-corrected chi connectivity index (χ0v) is 8.26. The molecule has 2 rings (SSSR count). The Kier molecular flexibility index (Phi) is 1.59. The predicted molar refractivity (Wildman–Crippen MR) is 48.8 cm³/mol. The van der Waals surface area contributed by atoms with Gasteiger partial charge in [-0.3, -0.25) is 0 Å². The topological polar surface area (TPSA) is 35.2 Å². The molecule has 1 aliphatic heterocycles. The molecule has 2 fully saturated rings. The van der Waals surface area contributed by atoms with Crippen molar-refractivity contribution < 1.29 is 4.74 Å². The standard InChI is InChI=1S/C10H19NO/c1-7-6-12-5-4-10(7)8(11)9(10,2)3/h7-8H,4-6,11H2,1-3H3. The number of ether oxygens (including phenoxy) is 1. The number of nitrogens with two attached hydrogens (primary N) is 1. The third-order valence-electron chi connectivity index (χ3n) is 4.36. The van der Waals surface area contributed by atoms with E-state index in [-0.39, 0.29) is 0 Å². The van der Waals surface area contributed by atoms with Crippen LogP contribution in [0, 0.1) is 16.7 Å². The fourth-order valence-corrected chi connectivity index (χ4v) is 3.25. The van der Waals surface area contributed by atoms with Gasteiger partial charge in [0.25, 0.3) is 0 Å². The monoisotopic (exact) mass is 169 g/mol. The Morgan fingerprint density at radius 2 is 2.00 bits per heavy atom.